The standard InChI is InChI=1S/C55H54N4O/c1-53(2,3)41-22-17-23-43(32-41)58-37-57(36-51(58)55(7,8)40-20-13-10-14-21-40)44-30-39(38-18-11-9-12-19-38)31-46(34-44)60-45-26-27-48-47-24-15-16-25-49(47)59(50(48)35-45)52-33-42(28-29-56-52)54(4,5)6/h9-36H,37H2,1-8H3. The summed E-state index contributed by atoms with van der Waals surface area (Å²) in [4.78, 5) is 9.76. The van der Waals surface area contributed by atoms with Crippen LogP contribution in [-0.4, -0.2) is 16.2 Å². The number of aromatic nitrogens is 2. The number of benzene rings is 6. The molecule has 1 aliphatic heterocycles. The largest absolute Gasteiger partial charge is 0.457 e. The van der Waals surface area contributed by atoms with Crippen LogP contribution in [0.15, 0.2) is 176 Å². The molecule has 60 heavy (non-hydrogen) atoms. The number of nitrogens with zero attached hydrogens (tertiary/aromatic N) is 4. The minimum atomic E-state index is -0.279. The molecule has 0 aliphatic carbocycles. The predicted octanol–water partition coefficient (Wildman–Crippen LogP) is 14.3. The summed E-state index contributed by atoms with van der Waals surface area (Å²) < 4.78 is 9.22. The van der Waals surface area contributed by atoms with E-state index >= 15 is 0 Å². The fourth-order valence-corrected chi connectivity index (χ4v) is 8.51. The molecule has 0 N–H and O–H groups in total. The minimum absolute atomic E-state index is 0.0116. The Morgan fingerprint density at radius 1 is 0.500 bits per heavy atom. The van der Waals surface area contributed by atoms with Crippen molar-refractivity contribution >= 4 is 33.2 Å². The highest BCUT2D eigenvalue weighted by Gasteiger charge is 2.36. The topological polar surface area (TPSA) is 33.5 Å². The number of pyridine rings is 1. The number of rotatable bonds is 8. The quantitative estimate of drug-likeness (QED) is 0.154. The van der Waals surface area contributed by atoms with E-state index in [0.717, 1.165) is 50.6 Å². The maximum Gasteiger partial charge on any atom is 0.137 e. The monoisotopic (exact) mass is 786 g/mol. The Morgan fingerprint density at radius 2 is 1.17 bits per heavy atom. The first-order valence-corrected chi connectivity index (χ1v) is 21.1. The van der Waals surface area contributed by atoms with Gasteiger partial charge in [0.2, 0.25) is 0 Å². The summed E-state index contributed by atoms with van der Waals surface area (Å²) in [6.07, 6.45) is 4.27. The van der Waals surface area contributed by atoms with E-state index in [-0.39, 0.29) is 16.2 Å². The Hall–Kier alpha value is -6.59. The lowest BCUT2D eigenvalue weighted by molar-refractivity contribution is 0.483. The van der Waals surface area contributed by atoms with E-state index in [9.17, 15) is 0 Å². The number of hydrogen-bond acceptors (Lipinski definition) is 4. The van der Waals surface area contributed by atoms with Crippen LogP contribution >= 0.6 is 0 Å². The number of ether oxygens (including phenoxy) is 1. The van der Waals surface area contributed by atoms with Gasteiger partial charge in [0.15, 0.2) is 0 Å². The van der Waals surface area contributed by atoms with Gasteiger partial charge in [-0.15, -0.1) is 0 Å². The summed E-state index contributed by atoms with van der Waals surface area (Å²) in [6.45, 7) is 18.9. The molecule has 0 unspecified atom stereocenters. The molecule has 5 heteroatoms. The van der Waals surface area contributed by atoms with Crippen LogP contribution in [0.3, 0.4) is 0 Å². The maximum atomic E-state index is 6.95. The minimum Gasteiger partial charge on any atom is -0.457 e. The SMILES string of the molecule is CC(C)(C)c1cccc(N2CN(c3cc(Oc4ccc5c6ccccc6n(-c6cc(C(C)(C)C)ccn6)c5c4)cc(-c4ccccc4)c3)C=C2C(C)(C)c2ccccc2)c1. The van der Waals surface area contributed by atoms with Crippen LogP contribution in [0.1, 0.15) is 72.1 Å². The molecular formula is C55H54N4O. The zero-order valence-electron chi connectivity index (χ0n) is 36.1. The van der Waals surface area contributed by atoms with E-state index in [4.69, 9.17) is 9.72 Å². The molecule has 0 saturated carbocycles. The molecule has 1 aliphatic rings. The van der Waals surface area contributed by atoms with Crippen LogP contribution in [0.4, 0.5) is 11.4 Å². The first kappa shape index (κ1) is 38.9. The molecule has 6 aromatic carbocycles. The predicted molar refractivity (Wildman–Crippen MR) is 252 cm³/mol. The highest BCUT2D eigenvalue weighted by molar-refractivity contribution is 6.09. The summed E-state index contributed by atoms with van der Waals surface area (Å²) >= 11 is 0. The van der Waals surface area contributed by atoms with Crippen molar-refractivity contribution in [1.29, 1.82) is 0 Å². The van der Waals surface area contributed by atoms with Gasteiger partial charge in [-0.25, -0.2) is 4.98 Å². The molecule has 0 radical (unpaired) electrons. The van der Waals surface area contributed by atoms with Crippen molar-refractivity contribution in [1.82, 2.24) is 9.55 Å². The fourth-order valence-electron chi connectivity index (χ4n) is 8.51. The van der Waals surface area contributed by atoms with Gasteiger partial charge in [0.05, 0.1) is 17.7 Å². The summed E-state index contributed by atoms with van der Waals surface area (Å²) in [7, 11) is 0. The molecule has 0 atom stereocenters. The number of fused-ring (bicyclic) bond motifs is 3. The van der Waals surface area contributed by atoms with Crippen LogP contribution in [-0.2, 0) is 16.2 Å². The zero-order chi connectivity index (χ0) is 41.8. The van der Waals surface area contributed by atoms with Gasteiger partial charge in [-0.05, 0) is 93.2 Å². The summed E-state index contributed by atoms with van der Waals surface area (Å²) in [6, 6.07) is 56.4. The smallest absolute Gasteiger partial charge is 0.137 e. The number of anilines is 2. The van der Waals surface area contributed by atoms with Crippen molar-refractivity contribution in [2.24, 2.45) is 0 Å². The average Bonchev–Trinajstić information content (AvgIpc) is 3.85. The molecule has 300 valence electrons. The molecule has 0 amide bonds. The van der Waals surface area contributed by atoms with Crippen LogP contribution in [0, 0.1) is 0 Å². The molecule has 0 spiro atoms. The third-order valence-corrected chi connectivity index (χ3v) is 12.1. The van der Waals surface area contributed by atoms with Crippen LogP contribution in [0.25, 0.3) is 38.8 Å². The second kappa shape index (κ2) is 14.9. The molecule has 3 heterocycles. The first-order valence-electron chi connectivity index (χ1n) is 21.1. The highest BCUT2D eigenvalue weighted by atomic mass is 16.5. The molecular weight excluding hydrogens is 733 g/mol. The molecule has 2 aromatic heterocycles. The van der Waals surface area contributed by atoms with Gasteiger partial charge < -0.3 is 14.5 Å². The number of para-hydroxylation sites is 1. The van der Waals surface area contributed by atoms with Crippen molar-refractivity contribution in [2.45, 2.75) is 71.6 Å². The lowest BCUT2D eigenvalue weighted by Gasteiger charge is -2.34. The van der Waals surface area contributed by atoms with E-state index in [1.807, 2.05) is 6.20 Å². The Labute approximate surface area is 355 Å². The van der Waals surface area contributed by atoms with Crippen molar-refractivity contribution in [2.75, 3.05) is 16.5 Å². The lowest BCUT2D eigenvalue weighted by Crippen LogP contribution is -2.34. The second-order valence-corrected chi connectivity index (χ2v) is 18.7. The Morgan fingerprint density at radius 3 is 1.92 bits per heavy atom. The fraction of sp³-hybridized carbons (Fsp3) is 0.218. The molecule has 0 saturated heterocycles. The van der Waals surface area contributed by atoms with Crippen LogP contribution < -0.4 is 14.5 Å². The van der Waals surface area contributed by atoms with Crippen molar-refractivity contribution in [3.8, 4) is 28.4 Å². The molecule has 0 bridgehead atoms. The van der Waals surface area contributed by atoms with Crippen molar-refractivity contribution < 1.29 is 4.74 Å². The second-order valence-electron chi connectivity index (χ2n) is 18.7. The van der Waals surface area contributed by atoms with E-state index in [0.29, 0.717) is 6.67 Å². The average molecular weight is 787 g/mol. The first-order chi connectivity index (χ1) is 28.7. The summed E-state index contributed by atoms with van der Waals surface area (Å²) in [5, 5.41) is 2.34. The Balaban J connectivity index is 1.16. The normalized spacial score (nSPS) is 13.6. The molecule has 8 aromatic rings. The summed E-state index contributed by atoms with van der Waals surface area (Å²) in [5.74, 6) is 2.43. The third kappa shape index (κ3) is 7.34. The zero-order valence-corrected chi connectivity index (χ0v) is 36.1. The van der Waals surface area contributed by atoms with Crippen LogP contribution in [0.2, 0.25) is 0 Å². The van der Waals surface area contributed by atoms with Crippen molar-refractivity contribution in [3.63, 3.8) is 0 Å². The van der Waals surface area contributed by atoms with E-state index in [1.54, 1.807) is 0 Å². The highest BCUT2D eigenvalue weighted by Crippen LogP contribution is 2.43. The van der Waals surface area contributed by atoms with Gasteiger partial charge in [0, 0.05) is 57.8 Å². The number of allylic oxidation sites excluding steroid dienone is 1. The van der Waals surface area contributed by atoms with Gasteiger partial charge in [0.25, 0.3) is 0 Å². The Bertz CT molecular complexity index is 2870. The van der Waals surface area contributed by atoms with E-state index in [1.165, 1.54) is 33.5 Å². The van der Waals surface area contributed by atoms with E-state index < -0.39 is 0 Å². The van der Waals surface area contributed by atoms with Gasteiger partial charge in [-0.3, -0.25) is 4.57 Å². The maximum absolute atomic E-state index is 6.95. The van der Waals surface area contributed by atoms with Gasteiger partial charge in [-0.2, -0.15) is 0 Å². The summed E-state index contributed by atoms with van der Waals surface area (Å²) in [5.41, 5.74) is 11.4. The van der Waals surface area contributed by atoms with Gasteiger partial charge in [0.1, 0.15) is 17.3 Å². The van der Waals surface area contributed by atoms with Crippen molar-refractivity contribution in [3.05, 3.63) is 193 Å². The van der Waals surface area contributed by atoms with E-state index in [2.05, 4.69) is 234 Å². The van der Waals surface area contributed by atoms with Crippen LogP contribution in [0.5, 0.6) is 11.5 Å². The third-order valence-electron chi connectivity index (χ3n) is 12.1. The number of hydrogen-bond donors (Lipinski definition) is 0. The van der Waals surface area contributed by atoms with Gasteiger partial charge in [-0.1, -0.05) is 146 Å². The molecule has 0 fully saturated rings. The lowest BCUT2D eigenvalue weighted by atomic mass is 9.81. The molecule has 9 rings (SSSR count). The Kier molecular flexibility index (Phi) is 9.66. The molecule has 5 nitrogen and oxygen atoms in total. The van der Waals surface area contributed by atoms with Gasteiger partial charge >= 0.3 is 0 Å².